The van der Waals surface area contributed by atoms with E-state index in [1.807, 2.05) is 30.3 Å². The van der Waals surface area contributed by atoms with Crippen LogP contribution in [0.15, 0.2) is 54.6 Å². The van der Waals surface area contributed by atoms with Crippen molar-refractivity contribution in [3.8, 4) is 0 Å². The van der Waals surface area contributed by atoms with Crippen LogP contribution in [0.1, 0.15) is 22.5 Å². The van der Waals surface area contributed by atoms with Gasteiger partial charge in [-0.2, -0.15) is 5.10 Å². The predicted molar refractivity (Wildman–Crippen MR) is 93.7 cm³/mol. The second kappa shape index (κ2) is 6.45. The van der Waals surface area contributed by atoms with Crippen LogP contribution in [0.3, 0.4) is 0 Å². The zero-order chi connectivity index (χ0) is 16.4. The maximum Gasteiger partial charge on any atom is 0.272 e. The van der Waals surface area contributed by atoms with E-state index in [1.54, 1.807) is 0 Å². The monoisotopic (exact) mass is 320 g/mol. The molecule has 0 bridgehead atoms. The fraction of sp³-hybridized carbons (Fsp3) is 0.263. The highest BCUT2D eigenvalue weighted by Gasteiger charge is 2.25. The second-order valence-corrected chi connectivity index (χ2v) is 6.30. The Balaban J connectivity index is 1.38. The third-order valence-electron chi connectivity index (χ3n) is 4.54. The molecule has 2 N–H and O–H groups in total. The van der Waals surface area contributed by atoms with E-state index in [-0.39, 0.29) is 11.9 Å². The van der Waals surface area contributed by atoms with Crippen molar-refractivity contribution in [1.29, 1.82) is 0 Å². The van der Waals surface area contributed by atoms with Crippen LogP contribution in [-0.4, -0.2) is 40.1 Å². The summed E-state index contributed by atoms with van der Waals surface area (Å²) < 4.78 is 0. The Labute approximate surface area is 140 Å². The summed E-state index contributed by atoms with van der Waals surface area (Å²) in [5, 5.41) is 11.1. The van der Waals surface area contributed by atoms with Crippen LogP contribution in [0.2, 0.25) is 0 Å². The Morgan fingerprint density at radius 2 is 1.96 bits per heavy atom. The smallest absolute Gasteiger partial charge is 0.272 e. The average molecular weight is 320 g/mol. The first-order valence-corrected chi connectivity index (χ1v) is 8.30. The van der Waals surface area contributed by atoms with Crippen molar-refractivity contribution in [3.05, 3.63) is 65.9 Å². The van der Waals surface area contributed by atoms with Gasteiger partial charge in [0.1, 0.15) is 0 Å². The number of aromatic amines is 1. The number of hydrogen-bond acceptors (Lipinski definition) is 3. The molecule has 1 aliphatic heterocycles. The van der Waals surface area contributed by atoms with Gasteiger partial charge in [-0.25, -0.2) is 0 Å². The summed E-state index contributed by atoms with van der Waals surface area (Å²) in [4.78, 5) is 14.9. The Kier molecular flexibility index (Phi) is 4.01. The lowest BCUT2D eigenvalue weighted by Gasteiger charge is -2.16. The lowest BCUT2D eigenvalue weighted by Crippen LogP contribution is -2.37. The van der Waals surface area contributed by atoms with E-state index >= 15 is 0 Å². The van der Waals surface area contributed by atoms with Gasteiger partial charge in [-0.3, -0.25) is 14.8 Å². The number of hydrogen-bond donors (Lipinski definition) is 2. The number of carbonyl (C=O) groups is 1. The highest BCUT2D eigenvalue weighted by molar-refractivity contribution is 6.04. The molecule has 5 nitrogen and oxygen atoms in total. The predicted octanol–water partition coefficient (Wildman–Crippen LogP) is 2.57. The van der Waals surface area contributed by atoms with Crippen LogP contribution < -0.4 is 5.32 Å². The lowest BCUT2D eigenvalue weighted by molar-refractivity contribution is 0.0934. The Morgan fingerprint density at radius 1 is 1.17 bits per heavy atom. The van der Waals surface area contributed by atoms with E-state index in [0.717, 1.165) is 37.0 Å². The number of H-pyrrole nitrogens is 1. The van der Waals surface area contributed by atoms with E-state index in [1.165, 1.54) is 5.56 Å². The van der Waals surface area contributed by atoms with Gasteiger partial charge in [0.25, 0.3) is 5.91 Å². The molecule has 4 rings (SSSR count). The number of likely N-dealkylation sites (tertiary alicyclic amines) is 1. The average Bonchev–Trinajstić information content (AvgIpc) is 3.22. The molecule has 1 amide bonds. The maximum atomic E-state index is 12.5. The van der Waals surface area contributed by atoms with Gasteiger partial charge in [0, 0.05) is 31.1 Å². The summed E-state index contributed by atoms with van der Waals surface area (Å²) in [6.45, 7) is 2.81. The standard InChI is InChI=1S/C19H20N4O/c24-19(18-16-8-4-5-9-17(16)21-22-18)20-15-10-11-23(13-15)12-14-6-2-1-3-7-14/h1-9,15H,10-13H2,(H,20,24)(H,21,22). The van der Waals surface area contributed by atoms with E-state index in [9.17, 15) is 4.79 Å². The molecule has 1 unspecified atom stereocenters. The Morgan fingerprint density at radius 3 is 2.83 bits per heavy atom. The highest BCUT2D eigenvalue weighted by Crippen LogP contribution is 2.17. The molecular weight excluding hydrogens is 300 g/mol. The summed E-state index contributed by atoms with van der Waals surface area (Å²) in [6, 6.07) is 18.3. The van der Waals surface area contributed by atoms with Gasteiger partial charge in [0.05, 0.1) is 5.52 Å². The number of nitrogens with one attached hydrogen (secondary N) is 2. The first-order valence-electron chi connectivity index (χ1n) is 8.30. The Bertz CT molecular complexity index is 843. The number of para-hydroxylation sites is 1. The number of fused-ring (bicyclic) bond motifs is 1. The molecule has 1 fully saturated rings. The largest absolute Gasteiger partial charge is 0.347 e. The molecule has 1 aliphatic rings. The van der Waals surface area contributed by atoms with Crippen LogP contribution in [0.25, 0.3) is 10.9 Å². The van der Waals surface area contributed by atoms with E-state index in [2.05, 4.69) is 44.7 Å². The quantitative estimate of drug-likeness (QED) is 0.777. The van der Waals surface area contributed by atoms with Crippen molar-refractivity contribution < 1.29 is 4.79 Å². The van der Waals surface area contributed by atoms with Gasteiger partial charge in [0.2, 0.25) is 0 Å². The first kappa shape index (κ1) is 14.9. The van der Waals surface area contributed by atoms with Crippen LogP contribution in [-0.2, 0) is 6.54 Å². The minimum Gasteiger partial charge on any atom is -0.347 e. The summed E-state index contributed by atoms with van der Waals surface area (Å²) in [5.74, 6) is -0.0981. The zero-order valence-corrected chi connectivity index (χ0v) is 13.4. The third kappa shape index (κ3) is 3.03. The fourth-order valence-electron chi connectivity index (χ4n) is 3.33. The minimum absolute atomic E-state index is 0.0981. The summed E-state index contributed by atoms with van der Waals surface area (Å²) in [6.07, 6.45) is 0.973. The van der Waals surface area contributed by atoms with Gasteiger partial charge in [-0.05, 0) is 18.1 Å². The number of benzene rings is 2. The topological polar surface area (TPSA) is 61.0 Å². The zero-order valence-electron chi connectivity index (χ0n) is 13.4. The molecule has 24 heavy (non-hydrogen) atoms. The highest BCUT2D eigenvalue weighted by atomic mass is 16.2. The normalized spacial score (nSPS) is 18.1. The minimum atomic E-state index is -0.0981. The van der Waals surface area contributed by atoms with E-state index in [4.69, 9.17) is 0 Å². The molecule has 0 spiro atoms. The first-order chi connectivity index (χ1) is 11.8. The van der Waals surface area contributed by atoms with Crippen LogP contribution in [0.4, 0.5) is 0 Å². The van der Waals surface area contributed by atoms with Crippen molar-refractivity contribution in [2.45, 2.75) is 19.0 Å². The van der Waals surface area contributed by atoms with Crippen molar-refractivity contribution in [2.24, 2.45) is 0 Å². The molecule has 1 atom stereocenters. The molecule has 1 saturated heterocycles. The summed E-state index contributed by atoms with van der Waals surface area (Å²) in [7, 11) is 0. The number of nitrogens with zero attached hydrogens (tertiary/aromatic N) is 2. The fourth-order valence-corrected chi connectivity index (χ4v) is 3.33. The molecule has 5 heteroatoms. The number of amides is 1. The van der Waals surface area contributed by atoms with Gasteiger partial charge in [-0.1, -0.05) is 48.5 Å². The van der Waals surface area contributed by atoms with Gasteiger partial charge in [0.15, 0.2) is 5.69 Å². The van der Waals surface area contributed by atoms with Gasteiger partial charge in [-0.15, -0.1) is 0 Å². The molecule has 122 valence electrons. The van der Waals surface area contributed by atoms with E-state index < -0.39 is 0 Å². The van der Waals surface area contributed by atoms with Crippen molar-refractivity contribution in [1.82, 2.24) is 20.4 Å². The number of carbonyl (C=O) groups excluding carboxylic acids is 1. The lowest BCUT2D eigenvalue weighted by atomic mass is 10.2. The van der Waals surface area contributed by atoms with Gasteiger partial charge < -0.3 is 5.32 Å². The SMILES string of the molecule is O=C(NC1CCN(Cc2ccccc2)C1)c1n[nH]c2ccccc12. The molecule has 2 heterocycles. The van der Waals surface area contributed by atoms with Crippen molar-refractivity contribution in [2.75, 3.05) is 13.1 Å². The van der Waals surface area contributed by atoms with Crippen molar-refractivity contribution in [3.63, 3.8) is 0 Å². The molecule has 3 aromatic rings. The third-order valence-corrected chi connectivity index (χ3v) is 4.54. The molecular formula is C19H20N4O. The molecule has 0 radical (unpaired) electrons. The van der Waals surface area contributed by atoms with Gasteiger partial charge >= 0.3 is 0 Å². The van der Waals surface area contributed by atoms with Crippen LogP contribution in [0.5, 0.6) is 0 Å². The Hall–Kier alpha value is -2.66. The van der Waals surface area contributed by atoms with Crippen molar-refractivity contribution >= 4 is 16.8 Å². The maximum absolute atomic E-state index is 12.5. The molecule has 0 aliphatic carbocycles. The number of aromatic nitrogens is 2. The van der Waals surface area contributed by atoms with Crippen LogP contribution >= 0.6 is 0 Å². The molecule has 0 saturated carbocycles. The second-order valence-electron chi connectivity index (χ2n) is 6.30. The summed E-state index contributed by atoms with van der Waals surface area (Å²) in [5.41, 5.74) is 2.68. The number of rotatable bonds is 4. The molecule has 1 aromatic heterocycles. The van der Waals surface area contributed by atoms with Crippen LogP contribution in [0, 0.1) is 0 Å². The summed E-state index contributed by atoms with van der Waals surface area (Å²) >= 11 is 0. The van der Waals surface area contributed by atoms with E-state index in [0.29, 0.717) is 5.69 Å². The molecule has 2 aromatic carbocycles.